The Hall–Kier alpha value is -3.08. The molecule has 140 valence electrons. The van der Waals surface area contributed by atoms with Crippen LogP contribution in [0.4, 0.5) is 0 Å². The summed E-state index contributed by atoms with van der Waals surface area (Å²) in [5, 5.41) is 4.61. The van der Waals surface area contributed by atoms with E-state index in [1.807, 2.05) is 54.6 Å². The van der Waals surface area contributed by atoms with Crippen LogP contribution in [0, 0.1) is 0 Å². The van der Waals surface area contributed by atoms with Crippen LogP contribution in [0.25, 0.3) is 16.9 Å². The molecule has 0 bridgehead atoms. The number of unbranched alkanes of at least 4 members (excludes halogenated alkanes) is 2. The largest absolute Gasteiger partial charge is 0.494 e. The average Bonchev–Trinajstić information content (AvgIpc) is 3.17. The van der Waals surface area contributed by atoms with E-state index in [1.165, 1.54) is 20.0 Å². The molecule has 1 heterocycles. The van der Waals surface area contributed by atoms with Gasteiger partial charge in [0.2, 0.25) is 0 Å². The minimum atomic E-state index is -0.423. The summed E-state index contributed by atoms with van der Waals surface area (Å²) in [6.07, 6.45) is 3.41. The van der Waals surface area contributed by atoms with E-state index in [4.69, 9.17) is 9.47 Å². The Morgan fingerprint density at radius 1 is 1.04 bits per heavy atom. The first-order chi connectivity index (χ1) is 13.2. The highest BCUT2D eigenvalue weighted by Gasteiger charge is 2.18. The van der Waals surface area contributed by atoms with Crippen LogP contribution in [0.3, 0.4) is 0 Å². The van der Waals surface area contributed by atoms with Crippen molar-refractivity contribution >= 4 is 5.97 Å². The van der Waals surface area contributed by atoms with Crippen LogP contribution in [0.15, 0.2) is 60.7 Å². The Balaban J connectivity index is 1.84. The number of carbonyl (C=O) groups is 1. The maximum atomic E-state index is 12.2. The van der Waals surface area contributed by atoms with Crippen molar-refractivity contribution in [1.29, 1.82) is 0 Å². The molecule has 27 heavy (non-hydrogen) atoms. The van der Waals surface area contributed by atoms with Crippen molar-refractivity contribution in [3.63, 3.8) is 0 Å². The molecule has 0 aliphatic heterocycles. The highest BCUT2D eigenvalue weighted by molar-refractivity contribution is 5.89. The molecule has 5 nitrogen and oxygen atoms in total. The van der Waals surface area contributed by atoms with Crippen LogP contribution in [-0.2, 0) is 4.74 Å². The molecule has 1 aromatic heterocycles. The van der Waals surface area contributed by atoms with Gasteiger partial charge in [-0.3, -0.25) is 0 Å². The lowest BCUT2D eigenvalue weighted by Gasteiger charge is -2.06. The summed E-state index contributed by atoms with van der Waals surface area (Å²) in [4.78, 5) is 12.2. The highest BCUT2D eigenvalue weighted by atomic mass is 16.5. The first-order valence-electron chi connectivity index (χ1n) is 9.20. The van der Waals surface area contributed by atoms with Gasteiger partial charge in [-0.15, -0.1) is 0 Å². The maximum Gasteiger partial charge on any atom is 0.356 e. The third-order valence-electron chi connectivity index (χ3n) is 4.27. The summed E-state index contributed by atoms with van der Waals surface area (Å²) < 4.78 is 12.3. The molecule has 3 rings (SSSR count). The summed E-state index contributed by atoms with van der Waals surface area (Å²) >= 11 is 0. The van der Waals surface area contributed by atoms with Crippen molar-refractivity contribution in [3.05, 3.63) is 66.4 Å². The van der Waals surface area contributed by atoms with Gasteiger partial charge in [0.1, 0.15) is 5.75 Å². The number of para-hydroxylation sites is 1. The zero-order valence-electron chi connectivity index (χ0n) is 15.7. The Bertz CT molecular complexity index is 870. The quantitative estimate of drug-likeness (QED) is 0.422. The van der Waals surface area contributed by atoms with Crippen LogP contribution in [-0.4, -0.2) is 29.5 Å². The Labute approximate surface area is 159 Å². The van der Waals surface area contributed by atoms with Crippen molar-refractivity contribution in [1.82, 2.24) is 9.78 Å². The van der Waals surface area contributed by atoms with E-state index in [9.17, 15) is 4.79 Å². The molecule has 2 aromatic carbocycles. The maximum absolute atomic E-state index is 12.2. The number of methoxy groups -OCH3 is 1. The van der Waals surface area contributed by atoms with Gasteiger partial charge in [-0.25, -0.2) is 9.48 Å². The van der Waals surface area contributed by atoms with Gasteiger partial charge >= 0.3 is 5.97 Å². The lowest BCUT2D eigenvalue weighted by molar-refractivity contribution is 0.0590. The van der Waals surface area contributed by atoms with E-state index < -0.39 is 5.97 Å². The molecule has 0 fully saturated rings. The van der Waals surface area contributed by atoms with Crippen LogP contribution in [0.1, 0.15) is 36.7 Å². The summed E-state index contributed by atoms with van der Waals surface area (Å²) in [5.41, 5.74) is 2.81. The van der Waals surface area contributed by atoms with E-state index >= 15 is 0 Å². The second-order valence-corrected chi connectivity index (χ2v) is 6.23. The van der Waals surface area contributed by atoms with E-state index in [1.54, 1.807) is 10.7 Å². The molecule has 0 saturated heterocycles. The van der Waals surface area contributed by atoms with Crippen molar-refractivity contribution in [3.8, 4) is 22.7 Å². The van der Waals surface area contributed by atoms with Gasteiger partial charge < -0.3 is 9.47 Å². The third-order valence-corrected chi connectivity index (χ3v) is 4.27. The smallest absolute Gasteiger partial charge is 0.356 e. The Morgan fingerprint density at radius 3 is 2.44 bits per heavy atom. The Kier molecular flexibility index (Phi) is 6.26. The summed E-state index contributed by atoms with van der Waals surface area (Å²) in [5.74, 6) is 0.416. The van der Waals surface area contributed by atoms with Crippen LogP contribution in [0.5, 0.6) is 5.75 Å². The molecule has 0 aliphatic carbocycles. The Morgan fingerprint density at radius 2 is 1.78 bits per heavy atom. The molecule has 3 aromatic rings. The lowest BCUT2D eigenvalue weighted by Crippen LogP contribution is -2.09. The topological polar surface area (TPSA) is 53.4 Å². The second-order valence-electron chi connectivity index (χ2n) is 6.23. The van der Waals surface area contributed by atoms with Gasteiger partial charge in [0.25, 0.3) is 0 Å². The number of carbonyl (C=O) groups excluding carboxylic acids is 1. The third kappa shape index (κ3) is 4.56. The fraction of sp³-hybridized carbons (Fsp3) is 0.273. The van der Waals surface area contributed by atoms with Gasteiger partial charge in [-0.05, 0) is 48.9 Å². The van der Waals surface area contributed by atoms with Gasteiger partial charge in [-0.1, -0.05) is 38.0 Å². The van der Waals surface area contributed by atoms with Crippen LogP contribution < -0.4 is 4.74 Å². The van der Waals surface area contributed by atoms with Crippen molar-refractivity contribution in [2.75, 3.05) is 13.7 Å². The number of ether oxygens (including phenoxy) is 2. The first-order valence-corrected chi connectivity index (χ1v) is 9.20. The summed E-state index contributed by atoms with van der Waals surface area (Å²) in [7, 11) is 1.37. The highest BCUT2D eigenvalue weighted by Crippen LogP contribution is 2.24. The molecule has 0 spiro atoms. The van der Waals surface area contributed by atoms with Crippen LogP contribution in [0.2, 0.25) is 0 Å². The number of esters is 1. The molecule has 0 radical (unpaired) electrons. The number of benzene rings is 2. The molecule has 0 N–H and O–H groups in total. The molecule has 0 aliphatic rings. The number of nitrogens with zero attached hydrogens (tertiary/aromatic N) is 2. The predicted molar refractivity (Wildman–Crippen MR) is 105 cm³/mol. The van der Waals surface area contributed by atoms with E-state index in [-0.39, 0.29) is 0 Å². The normalized spacial score (nSPS) is 10.6. The molecule has 0 atom stereocenters. The van der Waals surface area contributed by atoms with Crippen LogP contribution >= 0.6 is 0 Å². The minimum absolute atomic E-state index is 0.388. The molecule has 5 heteroatoms. The van der Waals surface area contributed by atoms with Crippen molar-refractivity contribution in [2.24, 2.45) is 0 Å². The number of hydrogen-bond acceptors (Lipinski definition) is 4. The zero-order chi connectivity index (χ0) is 19.1. The van der Waals surface area contributed by atoms with Gasteiger partial charge in [0, 0.05) is 5.56 Å². The summed E-state index contributed by atoms with van der Waals surface area (Å²) in [6, 6.07) is 19.0. The van der Waals surface area contributed by atoms with Gasteiger partial charge in [0.15, 0.2) is 5.69 Å². The van der Waals surface area contributed by atoms with E-state index in [0.29, 0.717) is 11.4 Å². The molecular formula is C22H24N2O3. The minimum Gasteiger partial charge on any atom is -0.494 e. The molecule has 0 amide bonds. The standard InChI is InChI=1S/C22H24N2O3/c1-3-4-8-15-27-19-13-11-17(12-14-19)20-16-21(22(25)26-2)24(23-20)18-9-6-5-7-10-18/h5-7,9-14,16H,3-4,8,15H2,1-2H3. The van der Waals surface area contributed by atoms with Gasteiger partial charge in [0.05, 0.1) is 25.1 Å². The fourth-order valence-electron chi connectivity index (χ4n) is 2.80. The monoisotopic (exact) mass is 364 g/mol. The van der Waals surface area contributed by atoms with E-state index in [0.717, 1.165) is 30.0 Å². The average molecular weight is 364 g/mol. The molecule has 0 saturated carbocycles. The van der Waals surface area contributed by atoms with Crippen molar-refractivity contribution in [2.45, 2.75) is 26.2 Å². The van der Waals surface area contributed by atoms with Gasteiger partial charge in [-0.2, -0.15) is 5.10 Å². The summed E-state index contributed by atoms with van der Waals surface area (Å²) in [6.45, 7) is 2.90. The second kappa shape index (κ2) is 9.03. The van der Waals surface area contributed by atoms with E-state index in [2.05, 4.69) is 12.0 Å². The zero-order valence-corrected chi connectivity index (χ0v) is 15.7. The molecular weight excluding hydrogens is 340 g/mol. The molecule has 0 unspecified atom stereocenters. The number of rotatable bonds is 8. The SMILES string of the molecule is CCCCCOc1ccc(-c2cc(C(=O)OC)n(-c3ccccc3)n2)cc1. The first kappa shape index (κ1) is 18.7. The number of hydrogen-bond donors (Lipinski definition) is 0. The fourth-order valence-corrected chi connectivity index (χ4v) is 2.80. The lowest BCUT2D eigenvalue weighted by atomic mass is 10.1. The predicted octanol–water partition coefficient (Wildman–Crippen LogP) is 4.89. The van der Waals surface area contributed by atoms with Crippen molar-refractivity contribution < 1.29 is 14.3 Å². The number of aromatic nitrogens is 2.